The average molecular weight is 477 g/mol. The first-order valence-electron chi connectivity index (χ1n) is 11.4. The van der Waals surface area contributed by atoms with Crippen molar-refractivity contribution in [3.63, 3.8) is 0 Å². The molecule has 0 aliphatic carbocycles. The highest BCUT2D eigenvalue weighted by Gasteiger charge is 2.30. The second kappa shape index (κ2) is 13.3. The van der Waals surface area contributed by atoms with Crippen LogP contribution in [0.1, 0.15) is 51.5 Å². The van der Waals surface area contributed by atoms with Gasteiger partial charge in [-0.2, -0.15) is 0 Å². The van der Waals surface area contributed by atoms with Gasteiger partial charge in [-0.1, -0.05) is 32.1 Å². The highest BCUT2D eigenvalue weighted by atomic mass is 16.6. The molecule has 1 atom stereocenters. The van der Waals surface area contributed by atoms with Gasteiger partial charge >= 0.3 is 18.0 Å². The molecule has 2 rings (SSSR count). The highest BCUT2D eigenvalue weighted by Crippen LogP contribution is 2.22. The summed E-state index contributed by atoms with van der Waals surface area (Å²) in [6.07, 6.45) is 2.04. The summed E-state index contributed by atoms with van der Waals surface area (Å²) in [6.45, 7) is 7.53. The Morgan fingerprint density at radius 1 is 1.21 bits per heavy atom. The van der Waals surface area contributed by atoms with Crippen LogP contribution in [0.4, 0.5) is 10.5 Å². The highest BCUT2D eigenvalue weighted by molar-refractivity contribution is 5.87. The Morgan fingerprint density at radius 3 is 2.50 bits per heavy atom. The first-order valence-corrected chi connectivity index (χ1v) is 11.4. The lowest BCUT2D eigenvalue weighted by Crippen LogP contribution is -2.41. The summed E-state index contributed by atoms with van der Waals surface area (Å²) in [5, 5.41) is 11.1. The number of ether oxygens (including phenoxy) is 3. The molecule has 34 heavy (non-hydrogen) atoms. The Morgan fingerprint density at radius 2 is 1.88 bits per heavy atom. The lowest BCUT2D eigenvalue weighted by Gasteiger charge is -2.30. The average Bonchev–Trinajstić information content (AvgIpc) is 2.83. The lowest BCUT2D eigenvalue weighted by molar-refractivity contribution is -0.385. The summed E-state index contributed by atoms with van der Waals surface area (Å²) >= 11 is 0. The predicted molar refractivity (Wildman–Crippen MR) is 123 cm³/mol. The van der Waals surface area contributed by atoms with Gasteiger partial charge in [0.2, 0.25) is 0 Å². The van der Waals surface area contributed by atoms with Gasteiger partial charge in [0.25, 0.3) is 5.69 Å². The molecule has 10 nitrogen and oxygen atoms in total. The summed E-state index contributed by atoms with van der Waals surface area (Å²) in [5.74, 6) is -1.27. The van der Waals surface area contributed by atoms with E-state index in [1.165, 1.54) is 17.0 Å². The molecule has 186 valence electrons. The number of piperidine rings is 1. The molecule has 1 aromatic carbocycles. The van der Waals surface area contributed by atoms with E-state index in [4.69, 9.17) is 14.2 Å². The van der Waals surface area contributed by atoms with Crippen molar-refractivity contribution in [2.24, 2.45) is 5.92 Å². The standard InChI is InChI=1S/C24H32N2O8/c1-4-5-9-20(34-22(27)17(2)3)16-32-23(28)18-11-13-25(14-12-18)24(29)33-15-19-8-6-7-10-21(19)26(30)31/h6-8,10,18,20H,2,4-5,9,11-16H2,1,3H3. The minimum Gasteiger partial charge on any atom is -0.462 e. The van der Waals surface area contributed by atoms with Crippen molar-refractivity contribution in [2.75, 3.05) is 19.7 Å². The van der Waals surface area contributed by atoms with Gasteiger partial charge in [-0.05, 0) is 38.7 Å². The number of likely N-dealkylation sites (tertiary alicyclic amines) is 1. The maximum Gasteiger partial charge on any atom is 0.410 e. The van der Waals surface area contributed by atoms with Crippen LogP contribution in [0.3, 0.4) is 0 Å². The summed E-state index contributed by atoms with van der Waals surface area (Å²) in [6, 6.07) is 6.07. The molecular weight excluding hydrogens is 444 g/mol. The number of unbranched alkanes of at least 4 members (excludes halogenated alkanes) is 1. The Kier molecular flexibility index (Phi) is 10.5. The summed E-state index contributed by atoms with van der Waals surface area (Å²) in [5.41, 5.74) is 0.487. The van der Waals surface area contributed by atoms with Crippen LogP contribution >= 0.6 is 0 Å². The first-order chi connectivity index (χ1) is 16.2. The molecule has 1 aliphatic rings. The number of hydrogen-bond acceptors (Lipinski definition) is 8. The maximum absolute atomic E-state index is 12.5. The molecule has 1 unspecified atom stereocenters. The number of nitro benzene ring substituents is 1. The maximum atomic E-state index is 12.5. The summed E-state index contributed by atoms with van der Waals surface area (Å²) in [7, 11) is 0. The third-order valence-corrected chi connectivity index (χ3v) is 5.54. The third kappa shape index (κ3) is 8.17. The zero-order chi connectivity index (χ0) is 25.1. The van der Waals surface area contributed by atoms with Gasteiger partial charge in [0, 0.05) is 24.7 Å². The van der Waals surface area contributed by atoms with Gasteiger partial charge in [-0.3, -0.25) is 14.9 Å². The minimum atomic E-state index is -0.587. The Balaban J connectivity index is 1.79. The van der Waals surface area contributed by atoms with Crippen molar-refractivity contribution < 1.29 is 33.5 Å². The predicted octanol–water partition coefficient (Wildman–Crippen LogP) is 4.16. The van der Waals surface area contributed by atoms with E-state index in [0.29, 0.717) is 37.9 Å². The van der Waals surface area contributed by atoms with E-state index < -0.39 is 23.1 Å². The Labute approximate surface area is 199 Å². The van der Waals surface area contributed by atoms with E-state index in [1.54, 1.807) is 19.1 Å². The van der Waals surface area contributed by atoms with Crippen molar-refractivity contribution >= 4 is 23.7 Å². The summed E-state index contributed by atoms with van der Waals surface area (Å²) in [4.78, 5) is 48.7. The number of nitro groups is 1. The molecule has 0 bridgehead atoms. The molecule has 1 fully saturated rings. The number of benzene rings is 1. The van der Waals surface area contributed by atoms with Crippen molar-refractivity contribution in [1.29, 1.82) is 0 Å². The molecule has 1 aromatic rings. The van der Waals surface area contributed by atoms with E-state index in [-0.39, 0.29) is 36.4 Å². The normalized spacial score (nSPS) is 14.7. The number of rotatable bonds is 11. The van der Waals surface area contributed by atoms with Gasteiger partial charge in [0.15, 0.2) is 0 Å². The van der Waals surface area contributed by atoms with E-state index in [2.05, 4.69) is 6.58 Å². The topological polar surface area (TPSA) is 125 Å². The van der Waals surface area contributed by atoms with Crippen molar-refractivity contribution in [1.82, 2.24) is 4.90 Å². The Bertz CT molecular complexity index is 893. The van der Waals surface area contributed by atoms with E-state index in [9.17, 15) is 24.5 Å². The second-order valence-corrected chi connectivity index (χ2v) is 8.28. The van der Waals surface area contributed by atoms with Crippen LogP contribution in [-0.4, -0.2) is 53.7 Å². The van der Waals surface area contributed by atoms with Gasteiger partial charge < -0.3 is 19.1 Å². The van der Waals surface area contributed by atoms with Crippen LogP contribution in [0.15, 0.2) is 36.4 Å². The number of carbonyl (C=O) groups excluding carboxylic acids is 3. The van der Waals surface area contributed by atoms with Gasteiger partial charge in [-0.25, -0.2) is 9.59 Å². The van der Waals surface area contributed by atoms with Crippen LogP contribution < -0.4 is 0 Å². The van der Waals surface area contributed by atoms with Crippen LogP contribution in [-0.2, 0) is 30.4 Å². The monoisotopic (exact) mass is 476 g/mol. The number of para-hydroxylation sites is 1. The number of amides is 1. The third-order valence-electron chi connectivity index (χ3n) is 5.54. The fourth-order valence-electron chi connectivity index (χ4n) is 3.49. The van der Waals surface area contributed by atoms with E-state index in [0.717, 1.165) is 12.8 Å². The molecule has 0 spiro atoms. The molecular formula is C24H32N2O8. The zero-order valence-electron chi connectivity index (χ0n) is 19.7. The molecule has 1 saturated heterocycles. The quantitative estimate of drug-likeness (QED) is 0.153. The van der Waals surface area contributed by atoms with Crippen molar-refractivity contribution in [2.45, 2.75) is 58.7 Å². The molecule has 1 heterocycles. The number of hydrogen-bond donors (Lipinski definition) is 0. The van der Waals surface area contributed by atoms with E-state index >= 15 is 0 Å². The van der Waals surface area contributed by atoms with Gasteiger partial charge in [-0.15, -0.1) is 0 Å². The van der Waals surface area contributed by atoms with Crippen molar-refractivity contribution in [3.8, 4) is 0 Å². The zero-order valence-corrected chi connectivity index (χ0v) is 19.7. The smallest absolute Gasteiger partial charge is 0.410 e. The molecule has 1 aliphatic heterocycles. The molecule has 1 amide bonds. The number of esters is 2. The second-order valence-electron chi connectivity index (χ2n) is 8.28. The van der Waals surface area contributed by atoms with Gasteiger partial charge in [0.1, 0.15) is 19.3 Å². The number of nitrogens with zero attached hydrogens (tertiary/aromatic N) is 2. The SMILES string of the molecule is C=C(C)C(=O)OC(CCCC)COC(=O)C1CCN(C(=O)OCc2ccccc2[N+](=O)[O-])CC1. The molecule has 0 N–H and O–H groups in total. The molecule has 0 aromatic heterocycles. The first kappa shape index (κ1) is 26.8. The molecule has 10 heteroatoms. The largest absolute Gasteiger partial charge is 0.462 e. The molecule has 0 saturated carbocycles. The number of carbonyl (C=O) groups is 3. The van der Waals surface area contributed by atoms with Crippen molar-refractivity contribution in [3.05, 3.63) is 52.1 Å². The van der Waals surface area contributed by atoms with Crippen LogP contribution in [0, 0.1) is 16.0 Å². The Hall–Kier alpha value is -3.43. The molecule has 0 radical (unpaired) electrons. The fourth-order valence-corrected chi connectivity index (χ4v) is 3.49. The minimum absolute atomic E-state index is 0.0179. The van der Waals surface area contributed by atoms with Gasteiger partial charge in [0.05, 0.1) is 16.4 Å². The van der Waals surface area contributed by atoms with E-state index in [1.807, 2.05) is 6.92 Å². The van der Waals surface area contributed by atoms with Crippen LogP contribution in [0.25, 0.3) is 0 Å². The van der Waals surface area contributed by atoms with Crippen LogP contribution in [0.5, 0.6) is 0 Å². The lowest BCUT2D eigenvalue weighted by atomic mass is 9.97. The fraction of sp³-hybridized carbons (Fsp3) is 0.542. The van der Waals surface area contributed by atoms with Crippen LogP contribution in [0.2, 0.25) is 0 Å². The summed E-state index contributed by atoms with van der Waals surface area (Å²) < 4.78 is 16.0.